The van der Waals surface area contributed by atoms with Gasteiger partial charge < -0.3 is 0 Å². The van der Waals surface area contributed by atoms with Gasteiger partial charge in [-0.3, -0.25) is 4.79 Å². The number of azide groups is 1. The quantitative estimate of drug-likeness (QED) is 0.190. The maximum atomic E-state index is 10.6. The van der Waals surface area contributed by atoms with Crippen molar-refractivity contribution in [3.63, 3.8) is 0 Å². The van der Waals surface area contributed by atoms with Crippen molar-refractivity contribution >= 4 is 6.29 Å². The monoisotopic (exact) mass is 213 g/mol. The van der Waals surface area contributed by atoms with Crippen LogP contribution in [-0.2, 0) is 0 Å². The van der Waals surface area contributed by atoms with Crippen molar-refractivity contribution in [1.29, 1.82) is 0 Å². The summed E-state index contributed by atoms with van der Waals surface area (Å²) in [5.41, 5.74) is 10.6. The van der Waals surface area contributed by atoms with Crippen LogP contribution < -0.4 is 0 Å². The summed E-state index contributed by atoms with van der Waals surface area (Å²) in [5.74, 6) is 5.85. The summed E-state index contributed by atoms with van der Waals surface area (Å²) in [6.45, 7) is 2.31. The van der Waals surface area contributed by atoms with E-state index in [1.54, 1.807) is 12.1 Å². The van der Waals surface area contributed by atoms with Crippen molar-refractivity contribution in [3.8, 4) is 11.8 Å². The Balaban J connectivity index is 2.78. The molecule has 0 aliphatic carbocycles. The zero-order valence-corrected chi connectivity index (χ0v) is 8.97. The van der Waals surface area contributed by atoms with Gasteiger partial charge in [-0.1, -0.05) is 29.1 Å². The predicted molar refractivity (Wildman–Crippen MR) is 62.1 cm³/mol. The van der Waals surface area contributed by atoms with Crippen LogP contribution >= 0.6 is 0 Å². The summed E-state index contributed by atoms with van der Waals surface area (Å²) in [5, 5.41) is 3.38. The first-order valence-corrected chi connectivity index (χ1v) is 4.83. The Morgan fingerprint density at radius 2 is 2.38 bits per heavy atom. The molecule has 0 amide bonds. The van der Waals surface area contributed by atoms with Crippen LogP contribution in [0.5, 0.6) is 0 Å². The molecular formula is C12H11N3O. The number of carbonyl (C=O) groups is 1. The lowest BCUT2D eigenvalue weighted by Gasteiger charge is -1.98. The van der Waals surface area contributed by atoms with Crippen molar-refractivity contribution in [2.45, 2.75) is 13.3 Å². The van der Waals surface area contributed by atoms with Gasteiger partial charge in [-0.15, -0.1) is 0 Å². The fourth-order valence-electron chi connectivity index (χ4n) is 1.16. The molecule has 0 N–H and O–H groups in total. The Kier molecular flexibility index (Phi) is 4.65. The largest absolute Gasteiger partial charge is 0.298 e. The third kappa shape index (κ3) is 3.49. The van der Waals surface area contributed by atoms with Gasteiger partial charge >= 0.3 is 0 Å². The van der Waals surface area contributed by atoms with Gasteiger partial charge in [-0.05, 0) is 24.1 Å². The number of hydrogen-bond acceptors (Lipinski definition) is 2. The van der Waals surface area contributed by atoms with E-state index in [0.717, 1.165) is 17.4 Å². The number of rotatable bonds is 3. The highest BCUT2D eigenvalue weighted by molar-refractivity contribution is 5.75. The minimum absolute atomic E-state index is 0.371. The number of hydrogen-bond donors (Lipinski definition) is 0. The molecule has 0 bridgehead atoms. The molecule has 1 aromatic rings. The highest BCUT2D eigenvalue weighted by atomic mass is 16.1. The van der Waals surface area contributed by atoms with Crippen molar-refractivity contribution < 1.29 is 4.79 Å². The molecule has 1 rings (SSSR count). The molecule has 80 valence electrons. The fraction of sp³-hybridized carbons (Fsp3) is 0.250. The molecule has 0 aliphatic rings. The van der Waals surface area contributed by atoms with Crippen LogP contribution in [0.3, 0.4) is 0 Å². The Bertz CT molecular complexity index is 491. The maximum Gasteiger partial charge on any atom is 0.150 e. The fourth-order valence-corrected chi connectivity index (χ4v) is 1.16. The Morgan fingerprint density at radius 1 is 1.56 bits per heavy atom. The molecule has 0 saturated heterocycles. The average Bonchev–Trinajstić information content (AvgIpc) is 2.31. The first kappa shape index (κ1) is 11.8. The first-order valence-electron chi connectivity index (χ1n) is 4.83. The summed E-state index contributed by atoms with van der Waals surface area (Å²) in [4.78, 5) is 13.2. The third-order valence-corrected chi connectivity index (χ3v) is 2.02. The molecule has 0 unspecified atom stereocenters. The Labute approximate surface area is 93.9 Å². The van der Waals surface area contributed by atoms with Gasteiger partial charge in [0.2, 0.25) is 0 Å². The number of carbonyl (C=O) groups excluding carboxylic acids is 1. The van der Waals surface area contributed by atoms with Gasteiger partial charge in [0.15, 0.2) is 0 Å². The lowest BCUT2D eigenvalue weighted by Crippen LogP contribution is -1.86. The molecule has 0 aliphatic heterocycles. The zero-order valence-electron chi connectivity index (χ0n) is 8.97. The number of nitrogens with zero attached hydrogens (tertiary/aromatic N) is 3. The lowest BCUT2D eigenvalue weighted by molar-refractivity contribution is 0.112. The second-order valence-electron chi connectivity index (χ2n) is 3.20. The standard InChI is InChI=1S/C12H11N3O/c1-10-5-6-11(9-16)8-12(10)4-2-3-7-14-15-13/h5-6,8-9H,3,7H2,1H3. The van der Waals surface area contributed by atoms with E-state index < -0.39 is 0 Å². The molecule has 0 spiro atoms. The zero-order chi connectivity index (χ0) is 11.8. The van der Waals surface area contributed by atoms with Gasteiger partial charge in [0.05, 0.1) is 0 Å². The second kappa shape index (κ2) is 6.28. The number of benzene rings is 1. The molecule has 4 nitrogen and oxygen atoms in total. The van der Waals surface area contributed by atoms with E-state index in [4.69, 9.17) is 5.53 Å². The molecule has 16 heavy (non-hydrogen) atoms. The van der Waals surface area contributed by atoms with Crippen molar-refractivity contribution in [2.75, 3.05) is 6.54 Å². The molecule has 0 fully saturated rings. The van der Waals surface area contributed by atoms with Crippen molar-refractivity contribution in [2.24, 2.45) is 5.11 Å². The van der Waals surface area contributed by atoms with Gasteiger partial charge in [-0.2, -0.15) is 0 Å². The molecule has 0 heterocycles. The molecule has 0 atom stereocenters. The maximum absolute atomic E-state index is 10.6. The topological polar surface area (TPSA) is 65.8 Å². The normalized spacial score (nSPS) is 8.56. The Morgan fingerprint density at radius 3 is 3.06 bits per heavy atom. The summed E-state index contributed by atoms with van der Waals surface area (Å²) in [6, 6.07) is 5.37. The minimum Gasteiger partial charge on any atom is -0.298 e. The van der Waals surface area contributed by atoms with Gasteiger partial charge in [0.1, 0.15) is 6.29 Å². The SMILES string of the molecule is Cc1ccc(C=O)cc1C#CCCN=[N+]=[N-]. The highest BCUT2D eigenvalue weighted by Gasteiger charge is 1.96. The van der Waals surface area contributed by atoms with Crippen LogP contribution in [0.25, 0.3) is 10.4 Å². The second-order valence-corrected chi connectivity index (χ2v) is 3.20. The van der Waals surface area contributed by atoms with Crippen LogP contribution in [0.15, 0.2) is 23.3 Å². The highest BCUT2D eigenvalue weighted by Crippen LogP contribution is 2.08. The Hall–Kier alpha value is -2.24. The molecule has 0 saturated carbocycles. The number of aldehydes is 1. The van der Waals surface area contributed by atoms with Crippen LogP contribution in [0.4, 0.5) is 0 Å². The molecular weight excluding hydrogens is 202 g/mol. The van der Waals surface area contributed by atoms with Gasteiger partial charge in [0, 0.05) is 29.0 Å². The van der Waals surface area contributed by atoms with E-state index >= 15 is 0 Å². The molecule has 0 radical (unpaired) electrons. The average molecular weight is 213 g/mol. The number of aryl methyl sites for hydroxylation is 1. The minimum atomic E-state index is 0.371. The van der Waals surface area contributed by atoms with Crippen LogP contribution in [-0.4, -0.2) is 12.8 Å². The van der Waals surface area contributed by atoms with E-state index in [1.165, 1.54) is 0 Å². The van der Waals surface area contributed by atoms with Crippen molar-refractivity contribution in [1.82, 2.24) is 0 Å². The van der Waals surface area contributed by atoms with E-state index in [0.29, 0.717) is 18.5 Å². The van der Waals surface area contributed by atoms with Gasteiger partial charge in [-0.25, -0.2) is 0 Å². The van der Waals surface area contributed by atoms with Crippen molar-refractivity contribution in [3.05, 3.63) is 45.3 Å². The van der Waals surface area contributed by atoms with Crippen LogP contribution in [0.2, 0.25) is 0 Å². The first-order chi connectivity index (χ1) is 7.77. The van der Waals surface area contributed by atoms with E-state index in [1.807, 2.05) is 13.0 Å². The van der Waals surface area contributed by atoms with Gasteiger partial charge in [0.25, 0.3) is 0 Å². The summed E-state index contributed by atoms with van der Waals surface area (Å²) < 4.78 is 0. The lowest BCUT2D eigenvalue weighted by atomic mass is 10.1. The van der Waals surface area contributed by atoms with E-state index in [9.17, 15) is 4.79 Å². The summed E-state index contributed by atoms with van der Waals surface area (Å²) >= 11 is 0. The molecule has 0 aromatic heterocycles. The predicted octanol–water partition coefficient (Wildman–Crippen LogP) is 2.86. The van der Waals surface area contributed by atoms with E-state index in [2.05, 4.69) is 21.9 Å². The van der Waals surface area contributed by atoms with Crippen LogP contribution in [0, 0.1) is 18.8 Å². The molecule has 1 aromatic carbocycles. The molecule has 4 heteroatoms. The summed E-state index contributed by atoms with van der Waals surface area (Å²) in [7, 11) is 0. The third-order valence-electron chi connectivity index (χ3n) is 2.02. The smallest absolute Gasteiger partial charge is 0.150 e. The van der Waals surface area contributed by atoms with E-state index in [-0.39, 0.29) is 0 Å². The van der Waals surface area contributed by atoms with Crippen LogP contribution in [0.1, 0.15) is 27.9 Å². The summed E-state index contributed by atoms with van der Waals surface area (Å²) in [6.07, 6.45) is 1.32.